The summed E-state index contributed by atoms with van der Waals surface area (Å²) >= 11 is 0. The standard InChI is InChI=1S/C16H26N2O/c1-4-16(17-2)13-5-7-14(8-6-13)18(3)11-12-9-15(19)10-12/h5-8,12,15-17,19H,4,9-11H2,1-3H3. The van der Waals surface area contributed by atoms with Crippen LogP contribution >= 0.6 is 0 Å². The van der Waals surface area contributed by atoms with Crippen LogP contribution in [0.1, 0.15) is 37.8 Å². The Kier molecular flexibility index (Phi) is 4.83. The molecule has 0 radical (unpaired) electrons. The maximum atomic E-state index is 9.33. The maximum Gasteiger partial charge on any atom is 0.0546 e. The van der Waals surface area contributed by atoms with Crippen LogP contribution < -0.4 is 10.2 Å². The summed E-state index contributed by atoms with van der Waals surface area (Å²) in [6.07, 6.45) is 2.97. The minimum atomic E-state index is -0.0540. The largest absolute Gasteiger partial charge is 0.393 e. The molecule has 0 heterocycles. The zero-order valence-electron chi connectivity index (χ0n) is 12.3. The summed E-state index contributed by atoms with van der Waals surface area (Å²) in [6.45, 7) is 3.24. The lowest BCUT2D eigenvalue weighted by molar-refractivity contribution is 0.0465. The van der Waals surface area contributed by atoms with E-state index in [0.717, 1.165) is 25.8 Å². The highest BCUT2D eigenvalue weighted by Crippen LogP contribution is 2.29. The number of hydrogen-bond acceptors (Lipinski definition) is 3. The molecule has 2 rings (SSSR count). The molecule has 3 heteroatoms. The molecular formula is C16H26N2O. The summed E-state index contributed by atoms with van der Waals surface area (Å²) in [7, 11) is 4.14. The zero-order valence-corrected chi connectivity index (χ0v) is 12.3. The summed E-state index contributed by atoms with van der Waals surface area (Å²) < 4.78 is 0. The molecule has 0 aliphatic heterocycles. The first-order chi connectivity index (χ1) is 9.13. The second kappa shape index (κ2) is 6.40. The SMILES string of the molecule is CCC(NC)c1ccc(N(C)CC2CC(O)C2)cc1. The van der Waals surface area contributed by atoms with Crippen LogP contribution in [-0.2, 0) is 0 Å². The third-order valence-electron chi connectivity index (χ3n) is 4.24. The third-order valence-corrected chi connectivity index (χ3v) is 4.24. The number of aliphatic hydroxyl groups excluding tert-OH is 1. The molecule has 19 heavy (non-hydrogen) atoms. The van der Waals surface area contributed by atoms with Gasteiger partial charge in [0.2, 0.25) is 0 Å². The maximum absolute atomic E-state index is 9.33. The summed E-state index contributed by atoms with van der Waals surface area (Å²) in [5.41, 5.74) is 2.61. The number of nitrogens with one attached hydrogen (secondary N) is 1. The fourth-order valence-electron chi connectivity index (χ4n) is 2.91. The lowest BCUT2D eigenvalue weighted by Crippen LogP contribution is -2.37. The summed E-state index contributed by atoms with van der Waals surface area (Å²) in [5, 5.41) is 12.7. The molecule has 2 N–H and O–H groups in total. The highest BCUT2D eigenvalue weighted by molar-refractivity contribution is 5.47. The molecule has 1 saturated carbocycles. The first-order valence-corrected chi connectivity index (χ1v) is 7.30. The van der Waals surface area contributed by atoms with E-state index >= 15 is 0 Å². The van der Waals surface area contributed by atoms with Crippen LogP contribution in [-0.4, -0.2) is 31.9 Å². The molecule has 1 fully saturated rings. The first-order valence-electron chi connectivity index (χ1n) is 7.30. The van der Waals surface area contributed by atoms with Crippen molar-refractivity contribution >= 4 is 5.69 Å². The number of hydrogen-bond donors (Lipinski definition) is 2. The lowest BCUT2D eigenvalue weighted by atomic mass is 9.82. The van der Waals surface area contributed by atoms with E-state index in [4.69, 9.17) is 0 Å². The molecule has 1 aromatic carbocycles. The van der Waals surface area contributed by atoms with Crippen molar-refractivity contribution in [3.63, 3.8) is 0 Å². The number of nitrogens with zero attached hydrogens (tertiary/aromatic N) is 1. The second-order valence-corrected chi connectivity index (χ2v) is 5.71. The van der Waals surface area contributed by atoms with Crippen molar-refractivity contribution in [3.05, 3.63) is 29.8 Å². The Morgan fingerprint density at radius 1 is 1.32 bits per heavy atom. The van der Waals surface area contributed by atoms with Gasteiger partial charge in [-0.05, 0) is 49.9 Å². The molecule has 1 aromatic rings. The van der Waals surface area contributed by atoms with Gasteiger partial charge in [-0.1, -0.05) is 19.1 Å². The summed E-state index contributed by atoms with van der Waals surface area (Å²) in [6, 6.07) is 9.27. The van der Waals surface area contributed by atoms with Crippen LogP contribution in [0.25, 0.3) is 0 Å². The number of aliphatic hydroxyl groups is 1. The van der Waals surface area contributed by atoms with E-state index in [1.165, 1.54) is 11.3 Å². The Morgan fingerprint density at radius 2 is 1.95 bits per heavy atom. The molecule has 1 unspecified atom stereocenters. The summed E-state index contributed by atoms with van der Waals surface area (Å²) in [5.74, 6) is 0.653. The van der Waals surface area contributed by atoms with Gasteiger partial charge in [-0.2, -0.15) is 0 Å². The lowest BCUT2D eigenvalue weighted by Gasteiger charge is -2.35. The first kappa shape index (κ1) is 14.4. The van der Waals surface area contributed by atoms with Gasteiger partial charge < -0.3 is 15.3 Å². The predicted molar refractivity (Wildman–Crippen MR) is 80.5 cm³/mol. The quantitative estimate of drug-likeness (QED) is 0.827. The zero-order chi connectivity index (χ0) is 13.8. The van der Waals surface area contributed by atoms with E-state index < -0.39 is 0 Å². The van der Waals surface area contributed by atoms with Gasteiger partial charge in [-0.3, -0.25) is 0 Å². The fraction of sp³-hybridized carbons (Fsp3) is 0.625. The predicted octanol–water partition coefficient (Wildman–Crippen LogP) is 2.56. The van der Waals surface area contributed by atoms with E-state index in [1.807, 2.05) is 7.05 Å². The topological polar surface area (TPSA) is 35.5 Å². The monoisotopic (exact) mass is 262 g/mol. The van der Waals surface area contributed by atoms with E-state index in [9.17, 15) is 5.11 Å². The molecule has 106 valence electrons. The van der Waals surface area contributed by atoms with Gasteiger partial charge in [0.15, 0.2) is 0 Å². The highest BCUT2D eigenvalue weighted by atomic mass is 16.3. The number of rotatable bonds is 6. The van der Waals surface area contributed by atoms with Gasteiger partial charge in [-0.25, -0.2) is 0 Å². The van der Waals surface area contributed by atoms with Crippen molar-refractivity contribution in [2.45, 2.75) is 38.3 Å². The van der Waals surface area contributed by atoms with Crippen LogP contribution in [0.3, 0.4) is 0 Å². The van der Waals surface area contributed by atoms with Crippen LogP contribution in [0.15, 0.2) is 24.3 Å². The molecule has 3 nitrogen and oxygen atoms in total. The van der Waals surface area contributed by atoms with E-state index in [1.54, 1.807) is 0 Å². The second-order valence-electron chi connectivity index (χ2n) is 5.71. The highest BCUT2D eigenvalue weighted by Gasteiger charge is 2.27. The Balaban J connectivity index is 1.93. The smallest absolute Gasteiger partial charge is 0.0546 e. The van der Waals surface area contributed by atoms with Crippen molar-refractivity contribution < 1.29 is 5.11 Å². The van der Waals surface area contributed by atoms with Crippen LogP contribution in [0.5, 0.6) is 0 Å². The average Bonchev–Trinajstić information content (AvgIpc) is 2.39. The Labute approximate surface area is 116 Å². The Morgan fingerprint density at radius 3 is 2.42 bits per heavy atom. The normalized spacial score (nSPS) is 23.8. The molecule has 0 aromatic heterocycles. The van der Waals surface area contributed by atoms with Crippen molar-refractivity contribution in [3.8, 4) is 0 Å². The average molecular weight is 262 g/mol. The van der Waals surface area contributed by atoms with Crippen LogP contribution in [0, 0.1) is 5.92 Å². The van der Waals surface area contributed by atoms with Crippen molar-refractivity contribution in [2.24, 2.45) is 5.92 Å². The minimum Gasteiger partial charge on any atom is -0.393 e. The van der Waals surface area contributed by atoms with Gasteiger partial charge in [0.05, 0.1) is 6.10 Å². The van der Waals surface area contributed by atoms with Gasteiger partial charge in [-0.15, -0.1) is 0 Å². The van der Waals surface area contributed by atoms with E-state index in [2.05, 4.69) is 48.5 Å². The van der Waals surface area contributed by atoms with E-state index in [0.29, 0.717) is 12.0 Å². The molecule has 1 aliphatic carbocycles. The molecule has 0 amide bonds. The fourth-order valence-corrected chi connectivity index (χ4v) is 2.91. The summed E-state index contributed by atoms with van der Waals surface area (Å²) in [4.78, 5) is 2.29. The molecule has 0 bridgehead atoms. The molecular weight excluding hydrogens is 236 g/mol. The molecule has 1 atom stereocenters. The molecule has 1 aliphatic rings. The van der Waals surface area contributed by atoms with Gasteiger partial charge >= 0.3 is 0 Å². The third kappa shape index (κ3) is 3.48. The van der Waals surface area contributed by atoms with Crippen molar-refractivity contribution in [1.29, 1.82) is 0 Å². The van der Waals surface area contributed by atoms with Gasteiger partial charge in [0.25, 0.3) is 0 Å². The minimum absolute atomic E-state index is 0.0540. The Bertz CT molecular complexity index is 380. The molecule has 0 spiro atoms. The number of anilines is 1. The van der Waals surface area contributed by atoms with Gasteiger partial charge in [0, 0.05) is 25.3 Å². The number of benzene rings is 1. The van der Waals surface area contributed by atoms with Crippen LogP contribution in [0.4, 0.5) is 5.69 Å². The van der Waals surface area contributed by atoms with Crippen LogP contribution in [0.2, 0.25) is 0 Å². The molecule has 0 saturated heterocycles. The van der Waals surface area contributed by atoms with Crippen molar-refractivity contribution in [1.82, 2.24) is 5.32 Å². The van der Waals surface area contributed by atoms with Gasteiger partial charge in [0.1, 0.15) is 0 Å². The van der Waals surface area contributed by atoms with Crippen molar-refractivity contribution in [2.75, 3.05) is 25.5 Å². The van der Waals surface area contributed by atoms with E-state index in [-0.39, 0.29) is 6.10 Å². The Hall–Kier alpha value is -1.06.